The minimum Gasteiger partial charge on any atom is -0.330 e. The fourth-order valence-electron chi connectivity index (χ4n) is 3.66. The van der Waals surface area contributed by atoms with E-state index in [1.807, 2.05) is 0 Å². The Hall–Kier alpha value is -2.45. The molecule has 1 aliphatic heterocycles. The number of quaternary nitrogens is 1. The third-order valence-electron chi connectivity index (χ3n) is 5.08. The average molecular weight is 346 g/mol. The molecule has 3 rings (SSSR count). The summed E-state index contributed by atoms with van der Waals surface area (Å²) in [5, 5.41) is 0. The minimum atomic E-state index is 0.190. The highest BCUT2D eigenvalue weighted by Crippen LogP contribution is 2.20. The molecule has 134 valence electrons. The van der Waals surface area contributed by atoms with Crippen LogP contribution < -0.4 is 4.90 Å². The lowest BCUT2D eigenvalue weighted by Crippen LogP contribution is -3.10. The summed E-state index contributed by atoms with van der Waals surface area (Å²) in [5.41, 5.74) is 9.00. The van der Waals surface area contributed by atoms with Crippen molar-refractivity contribution in [1.29, 1.82) is 0 Å². The van der Waals surface area contributed by atoms with Gasteiger partial charge in [0, 0.05) is 0 Å². The van der Waals surface area contributed by atoms with Gasteiger partial charge in [-0.05, 0) is 62.1 Å². The molecule has 2 heteroatoms. The van der Waals surface area contributed by atoms with Gasteiger partial charge in [-0.25, -0.2) is 0 Å². The van der Waals surface area contributed by atoms with E-state index in [1.165, 1.54) is 27.2 Å². The summed E-state index contributed by atoms with van der Waals surface area (Å²) in [7, 11) is 2.15. The Balaban J connectivity index is 1.97. The topological polar surface area (TPSA) is 21.5 Å². The predicted octanol–water partition coefficient (Wildman–Crippen LogP) is 3.48. The summed E-state index contributed by atoms with van der Waals surface area (Å²) in [6.45, 7) is 9.95. The molecule has 1 saturated heterocycles. The summed E-state index contributed by atoms with van der Waals surface area (Å²) < 4.78 is 0. The first-order chi connectivity index (χ1) is 12.3. The molecule has 2 aromatic rings. The molecule has 1 fully saturated rings. The first-order valence-electron chi connectivity index (χ1n) is 9.25. The molecule has 0 aromatic heterocycles. The van der Waals surface area contributed by atoms with Crippen LogP contribution in [0.4, 0.5) is 0 Å². The number of aryl methyl sites for hydroxylation is 4. The molecule has 2 aromatic carbocycles. The van der Waals surface area contributed by atoms with E-state index in [1.54, 1.807) is 0 Å². The van der Waals surface area contributed by atoms with E-state index in [0.717, 1.165) is 35.4 Å². The smallest absolute Gasteiger partial charge is 0.196 e. The van der Waals surface area contributed by atoms with Crippen LogP contribution in [0.3, 0.4) is 0 Å². The summed E-state index contributed by atoms with van der Waals surface area (Å²) in [5.74, 6) is 0.190. The van der Waals surface area contributed by atoms with Crippen LogP contribution in [-0.4, -0.2) is 25.9 Å². The third kappa shape index (κ3) is 4.03. The Kier molecular flexibility index (Phi) is 5.24. The van der Waals surface area contributed by atoms with E-state index in [2.05, 4.69) is 83.3 Å². The van der Waals surface area contributed by atoms with Crippen molar-refractivity contribution in [3.63, 3.8) is 0 Å². The monoisotopic (exact) mass is 346 g/mol. The number of nitrogens with one attached hydrogen (secondary N) is 1. The van der Waals surface area contributed by atoms with Gasteiger partial charge >= 0.3 is 0 Å². The van der Waals surface area contributed by atoms with E-state index in [-0.39, 0.29) is 5.78 Å². The van der Waals surface area contributed by atoms with Gasteiger partial charge in [-0.1, -0.05) is 47.5 Å². The number of piperidine rings is 1. The van der Waals surface area contributed by atoms with Gasteiger partial charge in [0.15, 0.2) is 5.78 Å². The lowest BCUT2D eigenvalue weighted by atomic mass is 9.92. The van der Waals surface area contributed by atoms with E-state index < -0.39 is 0 Å². The Morgan fingerprint density at radius 1 is 0.769 bits per heavy atom. The van der Waals surface area contributed by atoms with Crippen molar-refractivity contribution in [1.82, 2.24) is 0 Å². The van der Waals surface area contributed by atoms with Gasteiger partial charge in [-0.2, -0.15) is 0 Å². The molecule has 26 heavy (non-hydrogen) atoms. The number of hydrogen-bond acceptors (Lipinski definition) is 1. The quantitative estimate of drug-likeness (QED) is 0.826. The first kappa shape index (κ1) is 18.3. The van der Waals surface area contributed by atoms with E-state index in [9.17, 15) is 4.79 Å². The lowest BCUT2D eigenvalue weighted by Gasteiger charge is -2.23. The maximum atomic E-state index is 13.1. The zero-order chi connectivity index (χ0) is 18.8. The number of Topliss-reactive ketones (excluding diaryl/α,β-unsaturated/α-hetero) is 1. The van der Waals surface area contributed by atoms with Crippen LogP contribution in [0.15, 0.2) is 47.5 Å². The van der Waals surface area contributed by atoms with Gasteiger partial charge in [-0.15, -0.1) is 0 Å². The summed E-state index contributed by atoms with van der Waals surface area (Å²) in [4.78, 5) is 14.4. The number of rotatable bonds is 2. The normalized spacial score (nSPS) is 20.8. The Morgan fingerprint density at radius 3 is 1.58 bits per heavy atom. The number of likely N-dealkylation sites (tertiary alicyclic amines) is 1. The van der Waals surface area contributed by atoms with Crippen molar-refractivity contribution >= 4 is 17.9 Å². The van der Waals surface area contributed by atoms with Crippen molar-refractivity contribution in [3.05, 3.63) is 80.9 Å². The molecule has 0 radical (unpaired) electrons. The second-order valence-corrected chi connectivity index (χ2v) is 7.70. The number of hydrogen-bond donors (Lipinski definition) is 1. The molecule has 0 amide bonds. The molecule has 0 saturated carbocycles. The second-order valence-electron chi connectivity index (χ2n) is 7.70. The zero-order valence-electron chi connectivity index (χ0n) is 16.4. The second kappa shape index (κ2) is 7.43. The fraction of sp³-hybridized carbons (Fsp3) is 0.292. The van der Waals surface area contributed by atoms with Crippen LogP contribution in [0.1, 0.15) is 33.4 Å². The van der Waals surface area contributed by atoms with Crippen LogP contribution in [0.2, 0.25) is 0 Å². The standard InChI is InChI=1S/C24H27NO/c1-16-6-8-20(18(3)10-16)12-22-14-25(5)15-23(24(22)26)13-21-9-7-17(2)11-19(21)4/h6-13H,14-15H2,1-5H3/p+1/b22-12+,23-13+. The lowest BCUT2D eigenvalue weighted by molar-refractivity contribution is -0.870. The SMILES string of the molecule is Cc1ccc(/C=C2\C[NH+](C)C/C(=C\c3ccc(C)cc3C)C2=O)c(C)c1. The number of benzene rings is 2. The highest BCUT2D eigenvalue weighted by Gasteiger charge is 2.27. The summed E-state index contributed by atoms with van der Waals surface area (Å²) in [6, 6.07) is 12.8. The van der Waals surface area contributed by atoms with Crippen molar-refractivity contribution in [2.45, 2.75) is 27.7 Å². The Morgan fingerprint density at radius 2 is 1.19 bits per heavy atom. The fourth-order valence-corrected chi connectivity index (χ4v) is 3.66. The number of carbonyl (C=O) groups is 1. The third-order valence-corrected chi connectivity index (χ3v) is 5.08. The molecule has 0 atom stereocenters. The minimum absolute atomic E-state index is 0.190. The number of likely N-dealkylation sites (N-methyl/N-ethyl adjacent to an activating group) is 1. The van der Waals surface area contributed by atoms with Crippen molar-refractivity contribution in [2.24, 2.45) is 0 Å². The Labute approximate surface area is 156 Å². The first-order valence-corrected chi connectivity index (χ1v) is 9.25. The molecule has 1 heterocycles. The van der Waals surface area contributed by atoms with Gasteiger partial charge in [0.05, 0.1) is 18.2 Å². The largest absolute Gasteiger partial charge is 0.330 e. The number of ketones is 1. The predicted molar refractivity (Wildman–Crippen MR) is 109 cm³/mol. The molecule has 0 aliphatic carbocycles. The maximum absolute atomic E-state index is 13.1. The van der Waals surface area contributed by atoms with Crippen LogP contribution in [0.5, 0.6) is 0 Å². The van der Waals surface area contributed by atoms with Crippen LogP contribution in [-0.2, 0) is 4.79 Å². The summed E-state index contributed by atoms with van der Waals surface area (Å²) >= 11 is 0. The average Bonchev–Trinajstić information content (AvgIpc) is 2.56. The maximum Gasteiger partial charge on any atom is 0.196 e. The van der Waals surface area contributed by atoms with Crippen molar-refractivity contribution in [2.75, 3.05) is 20.1 Å². The van der Waals surface area contributed by atoms with Gasteiger partial charge in [-0.3, -0.25) is 4.79 Å². The van der Waals surface area contributed by atoms with Crippen LogP contribution in [0.25, 0.3) is 12.2 Å². The van der Waals surface area contributed by atoms with E-state index >= 15 is 0 Å². The molecule has 0 bridgehead atoms. The van der Waals surface area contributed by atoms with Crippen LogP contribution in [0, 0.1) is 27.7 Å². The van der Waals surface area contributed by atoms with Gasteiger partial charge in [0.1, 0.15) is 13.1 Å². The molecular weight excluding hydrogens is 318 g/mol. The highest BCUT2D eigenvalue weighted by molar-refractivity contribution is 6.14. The van der Waals surface area contributed by atoms with Gasteiger partial charge in [0.25, 0.3) is 0 Å². The summed E-state index contributed by atoms with van der Waals surface area (Å²) in [6.07, 6.45) is 4.16. The zero-order valence-corrected chi connectivity index (χ0v) is 16.4. The van der Waals surface area contributed by atoms with Gasteiger partial charge in [0.2, 0.25) is 0 Å². The van der Waals surface area contributed by atoms with Gasteiger partial charge < -0.3 is 4.90 Å². The van der Waals surface area contributed by atoms with E-state index in [0.29, 0.717) is 0 Å². The van der Waals surface area contributed by atoms with Crippen LogP contribution >= 0.6 is 0 Å². The molecule has 1 N–H and O–H groups in total. The van der Waals surface area contributed by atoms with Crippen molar-refractivity contribution in [3.8, 4) is 0 Å². The molecule has 1 aliphatic rings. The number of carbonyl (C=O) groups excluding carboxylic acids is 1. The molecule has 2 nitrogen and oxygen atoms in total. The molecule has 0 unspecified atom stereocenters. The van der Waals surface area contributed by atoms with Crippen molar-refractivity contribution < 1.29 is 9.69 Å². The Bertz CT molecular complexity index is 844. The molecular formula is C24H28NO+. The van der Waals surface area contributed by atoms with E-state index in [4.69, 9.17) is 0 Å². The molecule has 0 spiro atoms. The highest BCUT2D eigenvalue weighted by atomic mass is 16.1.